The van der Waals surface area contributed by atoms with E-state index in [2.05, 4.69) is 4.98 Å². The molecule has 0 radical (unpaired) electrons. The van der Waals surface area contributed by atoms with Crippen molar-refractivity contribution in [2.45, 2.75) is 59.5 Å². The number of carbonyl (C=O) groups excluding carboxylic acids is 2. The highest BCUT2D eigenvalue weighted by Gasteiger charge is 2.40. The second-order valence-corrected chi connectivity index (χ2v) is 7.62. The molecule has 0 aliphatic carbocycles. The number of rotatable bonds is 6. The number of aromatic nitrogens is 2. The number of aromatic amines is 1. The summed E-state index contributed by atoms with van der Waals surface area (Å²) in [6.45, 7) is 9.38. The summed E-state index contributed by atoms with van der Waals surface area (Å²) in [7, 11) is 0. The first-order chi connectivity index (χ1) is 17.9. The van der Waals surface area contributed by atoms with E-state index in [0.717, 1.165) is 0 Å². The number of nitrogens with zero attached hydrogens (tertiary/aromatic N) is 1. The molecule has 2 heterocycles. The molecule has 0 amide bonds. The average Bonchev–Trinajstić information content (AvgIpc) is 3.34. The number of H-pyrrole nitrogens is 1. The fourth-order valence-electron chi connectivity index (χ4n) is 3.54. The van der Waals surface area contributed by atoms with Crippen LogP contribution in [0.4, 0.5) is 0 Å². The quantitative estimate of drug-likeness (QED) is 0.492. The SMILES string of the molecule is CC.CC.Cc1cn(C2CC(OC(=O)c3ccccc3)C(COC(=O)c3ccccc3)O2)c(=O)[nH]c1=O. The normalized spacial score (nSPS) is 17.9. The van der Waals surface area contributed by atoms with Crippen LogP contribution in [0.15, 0.2) is 76.4 Å². The number of nitrogens with one attached hydrogen (secondary N) is 1. The lowest BCUT2D eigenvalue weighted by Gasteiger charge is -2.19. The maximum atomic E-state index is 12.6. The van der Waals surface area contributed by atoms with Gasteiger partial charge in [-0.25, -0.2) is 14.4 Å². The predicted octanol–water partition coefficient (Wildman–Crippen LogP) is 4.27. The Morgan fingerprint density at radius 1 is 0.919 bits per heavy atom. The Hall–Kier alpha value is -3.98. The van der Waals surface area contributed by atoms with E-state index >= 15 is 0 Å². The Labute approximate surface area is 216 Å². The van der Waals surface area contributed by atoms with Crippen LogP contribution in [0.2, 0.25) is 0 Å². The molecule has 1 aliphatic heterocycles. The van der Waals surface area contributed by atoms with Crippen molar-refractivity contribution in [3.63, 3.8) is 0 Å². The molecule has 9 heteroatoms. The van der Waals surface area contributed by atoms with Gasteiger partial charge in [0, 0.05) is 18.2 Å². The molecule has 1 fully saturated rings. The summed E-state index contributed by atoms with van der Waals surface area (Å²) in [6, 6.07) is 16.9. The van der Waals surface area contributed by atoms with Crippen molar-refractivity contribution in [3.8, 4) is 0 Å². The van der Waals surface area contributed by atoms with Crippen molar-refractivity contribution < 1.29 is 23.8 Å². The number of esters is 2. The molecule has 3 unspecified atom stereocenters. The van der Waals surface area contributed by atoms with E-state index in [1.54, 1.807) is 67.6 Å². The molecule has 37 heavy (non-hydrogen) atoms. The minimum atomic E-state index is -0.818. The largest absolute Gasteiger partial charge is 0.459 e. The van der Waals surface area contributed by atoms with Gasteiger partial charge in [-0.3, -0.25) is 14.3 Å². The lowest BCUT2D eigenvalue weighted by atomic mass is 10.1. The molecule has 9 nitrogen and oxygen atoms in total. The molecular weight excluding hydrogens is 476 g/mol. The summed E-state index contributed by atoms with van der Waals surface area (Å²) in [5, 5.41) is 0. The van der Waals surface area contributed by atoms with Gasteiger partial charge >= 0.3 is 17.6 Å². The summed E-state index contributed by atoms with van der Waals surface area (Å²) in [6.07, 6.45) is -0.889. The van der Waals surface area contributed by atoms with Crippen molar-refractivity contribution >= 4 is 11.9 Å². The highest BCUT2D eigenvalue weighted by molar-refractivity contribution is 5.90. The fourth-order valence-corrected chi connectivity index (χ4v) is 3.54. The minimum absolute atomic E-state index is 0.136. The number of benzene rings is 2. The highest BCUT2D eigenvalue weighted by atomic mass is 16.6. The molecule has 3 aromatic rings. The molecule has 2 aromatic carbocycles. The molecule has 4 rings (SSSR count). The van der Waals surface area contributed by atoms with Crippen LogP contribution >= 0.6 is 0 Å². The van der Waals surface area contributed by atoms with Gasteiger partial charge < -0.3 is 14.2 Å². The number of ether oxygens (including phenoxy) is 3. The molecule has 1 N–H and O–H groups in total. The summed E-state index contributed by atoms with van der Waals surface area (Å²) < 4.78 is 18.2. The third kappa shape index (κ3) is 7.75. The lowest BCUT2D eigenvalue weighted by Crippen LogP contribution is -2.33. The first-order valence-corrected chi connectivity index (χ1v) is 12.4. The molecule has 3 atom stereocenters. The zero-order valence-electron chi connectivity index (χ0n) is 21.8. The van der Waals surface area contributed by atoms with E-state index in [4.69, 9.17) is 14.2 Å². The number of hydrogen-bond donors (Lipinski definition) is 1. The van der Waals surface area contributed by atoms with E-state index in [9.17, 15) is 19.2 Å². The van der Waals surface area contributed by atoms with E-state index in [1.807, 2.05) is 27.7 Å². The van der Waals surface area contributed by atoms with Gasteiger partial charge in [0.1, 0.15) is 25.0 Å². The maximum Gasteiger partial charge on any atom is 0.338 e. The van der Waals surface area contributed by atoms with Crippen LogP contribution in [0.25, 0.3) is 0 Å². The highest BCUT2D eigenvalue weighted by Crippen LogP contribution is 2.31. The first kappa shape index (κ1) is 29.3. The average molecular weight is 511 g/mol. The second kappa shape index (κ2) is 14.5. The van der Waals surface area contributed by atoms with Crippen molar-refractivity contribution in [1.82, 2.24) is 9.55 Å². The number of hydrogen-bond acceptors (Lipinski definition) is 7. The Kier molecular flexibility index (Phi) is 11.5. The molecule has 1 saturated heterocycles. The lowest BCUT2D eigenvalue weighted by molar-refractivity contribution is -0.0582. The monoisotopic (exact) mass is 510 g/mol. The third-order valence-corrected chi connectivity index (χ3v) is 5.29. The number of carbonyl (C=O) groups is 2. The maximum absolute atomic E-state index is 12.6. The minimum Gasteiger partial charge on any atom is -0.459 e. The van der Waals surface area contributed by atoms with Gasteiger partial charge in [-0.05, 0) is 31.2 Å². The van der Waals surface area contributed by atoms with Gasteiger partial charge in [0.05, 0.1) is 11.1 Å². The van der Waals surface area contributed by atoms with Crippen molar-refractivity contribution in [3.05, 3.63) is 104 Å². The zero-order valence-corrected chi connectivity index (χ0v) is 21.8. The van der Waals surface area contributed by atoms with Crippen LogP contribution in [-0.4, -0.2) is 40.3 Å². The summed E-state index contributed by atoms with van der Waals surface area (Å²) >= 11 is 0. The van der Waals surface area contributed by atoms with E-state index < -0.39 is 41.6 Å². The van der Waals surface area contributed by atoms with Gasteiger partial charge in [-0.2, -0.15) is 0 Å². The summed E-state index contributed by atoms with van der Waals surface area (Å²) in [5.41, 5.74) is -0.0781. The predicted molar refractivity (Wildman–Crippen MR) is 140 cm³/mol. The molecule has 0 bridgehead atoms. The number of aryl methyl sites for hydroxylation is 1. The molecule has 0 spiro atoms. The first-order valence-electron chi connectivity index (χ1n) is 12.4. The van der Waals surface area contributed by atoms with E-state index in [0.29, 0.717) is 16.7 Å². The Bertz CT molecular complexity index is 1250. The van der Waals surface area contributed by atoms with Crippen LogP contribution in [0, 0.1) is 6.92 Å². The van der Waals surface area contributed by atoms with Gasteiger partial charge in [-0.1, -0.05) is 64.1 Å². The molecule has 1 aromatic heterocycles. The van der Waals surface area contributed by atoms with Gasteiger partial charge in [-0.15, -0.1) is 0 Å². The van der Waals surface area contributed by atoms with Crippen LogP contribution < -0.4 is 11.2 Å². The van der Waals surface area contributed by atoms with Crippen LogP contribution in [0.3, 0.4) is 0 Å². The molecular formula is C28H34N2O7. The van der Waals surface area contributed by atoms with Gasteiger partial charge in [0.25, 0.3) is 5.56 Å². The van der Waals surface area contributed by atoms with Gasteiger partial charge in [0.15, 0.2) is 0 Å². The standard InChI is InChI=1S/C24H22N2O7.2C2H6/c1-15-13-26(24(30)25-21(15)27)20-12-18(33-23(29)17-10-6-3-7-11-17)19(32-20)14-31-22(28)16-8-4-2-5-9-16;2*1-2/h2-11,13,18-20H,12,14H2,1H3,(H,25,27,30);2*1-2H3. The zero-order chi connectivity index (χ0) is 27.4. The van der Waals surface area contributed by atoms with Crippen molar-refractivity contribution in [1.29, 1.82) is 0 Å². The van der Waals surface area contributed by atoms with E-state index in [1.165, 1.54) is 10.8 Å². The van der Waals surface area contributed by atoms with Crippen molar-refractivity contribution in [2.24, 2.45) is 0 Å². The Morgan fingerprint density at radius 2 is 1.46 bits per heavy atom. The molecule has 0 saturated carbocycles. The topological polar surface area (TPSA) is 117 Å². The molecule has 1 aliphatic rings. The van der Waals surface area contributed by atoms with Crippen LogP contribution in [0.5, 0.6) is 0 Å². The smallest absolute Gasteiger partial charge is 0.338 e. The Morgan fingerprint density at radius 3 is 2.03 bits per heavy atom. The van der Waals surface area contributed by atoms with Crippen LogP contribution in [-0.2, 0) is 14.2 Å². The van der Waals surface area contributed by atoms with Crippen molar-refractivity contribution in [2.75, 3.05) is 6.61 Å². The second-order valence-electron chi connectivity index (χ2n) is 7.62. The van der Waals surface area contributed by atoms with Crippen LogP contribution in [0.1, 0.15) is 66.6 Å². The van der Waals surface area contributed by atoms with Gasteiger partial charge in [0.2, 0.25) is 0 Å². The summed E-state index contributed by atoms with van der Waals surface area (Å²) in [4.78, 5) is 51.2. The Balaban J connectivity index is 0.00000115. The third-order valence-electron chi connectivity index (χ3n) is 5.29. The van der Waals surface area contributed by atoms with E-state index in [-0.39, 0.29) is 13.0 Å². The molecule has 198 valence electrons. The fraction of sp³-hybridized carbons (Fsp3) is 0.357. The summed E-state index contributed by atoms with van der Waals surface area (Å²) in [5.74, 6) is -1.11.